The maximum atomic E-state index is 12.9. The lowest BCUT2D eigenvalue weighted by atomic mass is 9.91. The highest BCUT2D eigenvalue weighted by Gasteiger charge is 2.34. The van der Waals surface area contributed by atoms with Crippen molar-refractivity contribution in [2.24, 2.45) is 11.8 Å². The van der Waals surface area contributed by atoms with Crippen LogP contribution in [0.3, 0.4) is 0 Å². The third-order valence-electron chi connectivity index (χ3n) is 6.10. The van der Waals surface area contributed by atoms with Gasteiger partial charge in [-0.15, -0.1) is 0 Å². The number of nitrogens with zero attached hydrogens (tertiary/aromatic N) is 2. The highest BCUT2D eigenvalue weighted by molar-refractivity contribution is 7.86. The average Bonchev–Trinajstić information content (AvgIpc) is 2.72. The smallest absolute Gasteiger partial charge is 0.281 e. The second-order valence-corrected chi connectivity index (χ2v) is 10.1. The van der Waals surface area contributed by atoms with Crippen molar-refractivity contribution in [3.05, 3.63) is 23.8 Å². The van der Waals surface area contributed by atoms with Crippen molar-refractivity contribution in [1.29, 1.82) is 0 Å². The normalized spacial score (nSPS) is 22.9. The van der Waals surface area contributed by atoms with Crippen LogP contribution in [0.2, 0.25) is 0 Å². The average molecular weight is 411 g/mol. The number of piperidine rings is 2. The van der Waals surface area contributed by atoms with E-state index in [1.54, 1.807) is 22.8 Å². The molecule has 7 heteroatoms. The zero-order valence-corrected chi connectivity index (χ0v) is 18.2. The molecule has 0 unspecified atom stereocenters. The number of ether oxygens (including phenoxy) is 2. The number of rotatable bonds is 7. The fourth-order valence-electron chi connectivity index (χ4n) is 4.33. The van der Waals surface area contributed by atoms with Gasteiger partial charge in [0, 0.05) is 32.2 Å². The van der Waals surface area contributed by atoms with Gasteiger partial charge in [0.25, 0.3) is 10.2 Å². The molecule has 0 saturated carbocycles. The minimum Gasteiger partial charge on any atom is -0.497 e. The molecule has 0 N–H and O–H groups in total. The topological polar surface area (TPSA) is 59.1 Å². The van der Waals surface area contributed by atoms with Crippen molar-refractivity contribution in [2.75, 3.05) is 40.4 Å². The van der Waals surface area contributed by atoms with E-state index in [4.69, 9.17) is 9.47 Å². The summed E-state index contributed by atoms with van der Waals surface area (Å²) in [6, 6.07) is 5.99. The van der Waals surface area contributed by atoms with Crippen LogP contribution in [-0.2, 0) is 16.6 Å². The first-order chi connectivity index (χ1) is 13.4. The molecule has 2 fully saturated rings. The van der Waals surface area contributed by atoms with Gasteiger partial charge >= 0.3 is 0 Å². The Hall–Kier alpha value is -1.31. The Morgan fingerprint density at radius 2 is 1.61 bits per heavy atom. The summed E-state index contributed by atoms with van der Waals surface area (Å²) in [5.41, 5.74) is 1.20. The highest BCUT2D eigenvalue weighted by Crippen LogP contribution is 2.29. The Bertz CT molecular complexity index is 723. The van der Waals surface area contributed by atoms with Crippen LogP contribution in [0.15, 0.2) is 18.2 Å². The third-order valence-corrected chi connectivity index (χ3v) is 8.10. The third kappa shape index (κ3) is 5.19. The number of aryl methyl sites for hydroxylation is 1. The minimum absolute atomic E-state index is 0.459. The molecular formula is C21H34N2O4S. The first-order valence-electron chi connectivity index (χ1n) is 10.4. The lowest BCUT2D eigenvalue weighted by Crippen LogP contribution is -2.50. The van der Waals surface area contributed by atoms with Crippen LogP contribution in [0.1, 0.15) is 44.6 Å². The molecule has 1 aromatic rings. The van der Waals surface area contributed by atoms with Gasteiger partial charge in [-0.05, 0) is 68.1 Å². The Balaban J connectivity index is 1.52. The first kappa shape index (κ1) is 21.4. The summed E-state index contributed by atoms with van der Waals surface area (Å²) in [7, 11) is 0.0360. The Kier molecular flexibility index (Phi) is 7.23. The van der Waals surface area contributed by atoms with Crippen LogP contribution < -0.4 is 9.47 Å². The summed E-state index contributed by atoms with van der Waals surface area (Å²) in [5, 5.41) is 0. The molecule has 2 aliphatic rings. The second-order valence-electron chi connectivity index (χ2n) is 8.22. The highest BCUT2D eigenvalue weighted by atomic mass is 32.2. The molecule has 0 radical (unpaired) electrons. The fraction of sp³-hybridized carbons (Fsp3) is 0.714. The maximum absolute atomic E-state index is 12.9. The van der Waals surface area contributed by atoms with Gasteiger partial charge in [0.15, 0.2) is 0 Å². The van der Waals surface area contributed by atoms with Crippen molar-refractivity contribution in [2.45, 2.75) is 45.4 Å². The largest absolute Gasteiger partial charge is 0.497 e. The van der Waals surface area contributed by atoms with Gasteiger partial charge in [-0.2, -0.15) is 17.0 Å². The summed E-state index contributed by atoms with van der Waals surface area (Å²) < 4.78 is 40.0. The van der Waals surface area contributed by atoms with E-state index in [0.29, 0.717) is 38.0 Å². The zero-order chi connectivity index (χ0) is 20.1. The van der Waals surface area contributed by atoms with Crippen LogP contribution >= 0.6 is 0 Å². The molecule has 2 aliphatic heterocycles. The number of hydrogen-bond donors (Lipinski definition) is 0. The molecule has 6 nitrogen and oxygen atoms in total. The van der Waals surface area contributed by atoms with Crippen LogP contribution in [0.5, 0.6) is 11.5 Å². The van der Waals surface area contributed by atoms with E-state index in [1.807, 2.05) is 6.07 Å². The fourth-order valence-corrected chi connectivity index (χ4v) is 6.13. The molecule has 0 amide bonds. The van der Waals surface area contributed by atoms with Gasteiger partial charge in [-0.25, -0.2) is 0 Å². The van der Waals surface area contributed by atoms with Gasteiger partial charge in [0.1, 0.15) is 11.5 Å². The predicted molar refractivity (Wildman–Crippen MR) is 111 cm³/mol. The SMILES string of the molecule is COc1cc(CCC2CCN(S(=O)(=O)N3CCC[C@H](C)C3)CC2)cc(OC)c1. The lowest BCUT2D eigenvalue weighted by Gasteiger charge is -2.37. The van der Waals surface area contributed by atoms with E-state index in [2.05, 4.69) is 19.1 Å². The van der Waals surface area contributed by atoms with Crippen molar-refractivity contribution >= 4 is 10.2 Å². The predicted octanol–water partition coefficient (Wildman–Crippen LogP) is 3.33. The molecule has 28 heavy (non-hydrogen) atoms. The monoisotopic (exact) mass is 410 g/mol. The van der Waals surface area contributed by atoms with Crippen LogP contribution in [-0.4, -0.2) is 57.4 Å². The van der Waals surface area contributed by atoms with Gasteiger partial charge in [-0.1, -0.05) is 6.92 Å². The van der Waals surface area contributed by atoms with Crippen LogP contribution in [0.25, 0.3) is 0 Å². The molecule has 3 rings (SSSR count). The Morgan fingerprint density at radius 1 is 0.964 bits per heavy atom. The quantitative estimate of drug-likeness (QED) is 0.692. The molecule has 2 saturated heterocycles. The zero-order valence-electron chi connectivity index (χ0n) is 17.4. The van der Waals surface area contributed by atoms with E-state index in [-0.39, 0.29) is 0 Å². The second kappa shape index (κ2) is 9.46. The molecule has 1 atom stereocenters. The summed E-state index contributed by atoms with van der Waals surface area (Å²) in [4.78, 5) is 0. The maximum Gasteiger partial charge on any atom is 0.281 e. The standard InChI is InChI=1S/C21H34N2O4S/c1-17-5-4-10-23(16-17)28(24,25)22-11-8-18(9-12-22)6-7-19-13-20(26-2)15-21(14-19)27-3/h13-15,17-18H,4-12,16H2,1-3H3/t17-/m0/s1. The summed E-state index contributed by atoms with van der Waals surface area (Å²) in [5.74, 6) is 2.64. The van der Waals surface area contributed by atoms with Crippen LogP contribution in [0.4, 0.5) is 0 Å². The van der Waals surface area contributed by atoms with Crippen molar-refractivity contribution in [1.82, 2.24) is 8.61 Å². The van der Waals surface area contributed by atoms with Crippen molar-refractivity contribution in [3.8, 4) is 11.5 Å². The molecule has 0 spiro atoms. The van der Waals surface area contributed by atoms with Gasteiger partial charge in [-0.3, -0.25) is 0 Å². The van der Waals surface area contributed by atoms with Gasteiger partial charge in [0.2, 0.25) is 0 Å². The van der Waals surface area contributed by atoms with E-state index in [0.717, 1.165) is 50.0 Å². The van der Waals surface area contributed by atoms with Gasteiger partial charge < -0.3 is 9.47 Å². The molecule has 0 aliphatic carbocycles. The molecule has 1 aromatic carbocycles. The lowest BCUT2D eigenvalue weighted by molar-refractivity contribution is 0.223. The summed E-state index contributed by atoms with van der Waals surface area (Å²) in [6.07, 6.45) is 5.98. The van der Waals surface area contributed by atoms with E-state index in [9.17, 15) is 8.42 Å². The Labute approximate surface area is 170 Å². The van der Waals surface area contributed by atoms with Crippen LogP contribution in [0, 0.1) is 11.8 Å². The Morgan fingerprint density at radius 3 is 2.18 bits per heavy atom. The number of hydrogen-bond acceptors (Lipinski definition) is 4. The van der Waals surface area contributed by atoms with Crippen molar-refractivity contribution in [3.63, 3.8) is 0 Å². The number of benzene rings is 1. The first-order valence-corrected chi connectivity index (χ1v) is 11.8. The van der Waals surface area contributed by atoms with E-state index >= 15 is 0 Å². The molecular weight excluding hydrogens is 376 g/mol. The molecule has 158 valence electrons. The van der Waals surface area contributed by atoms with E-state index < -0.39 is 10.2 Å². The summed E-state index contributed by atoms with van der Waals surface area (Å²) >= 11 is 0. The van der Waals surface area contributed by atoms with E-state index in [1.165, 1.54) is 5.56 Å². The molecule has 0 bridgehead atoms. The molecule has 0 aromatic heterocycles. The minimum atomic E-state index is -3.29. The van der Waals surface area contributed by atoms with Gasteiger partial charge in [0.05, 0.1) is 14.2 Å². The number of methoxy groups -OCH3 is 2. The van der Waals surface area contributed by atoms with Crippen molar-refractivity contribution < 1.29 is 17.9 Å². The molecule has 2 heterocycles. The summed E-state index contributed by atoms with van der Waals surface area (Å²) in [6.45, 7) is 4.75.